The third kappa shape index (κ3) is 6.58. The maximum Gasteiger partial charge on any atom is 0.232 e. The third-order valence-electron chi connectivity index (χ3n) is 5.44. The molecule has 0 fully saturated rings. The van der Waals surface area contributed by atoms with E-state index in [1.807, 2.05) is 61.5 Å². The van der Waals surface area contributed by atoms with E-state index in [1.165, 1.54) is 11.4 Å². The summed E-state index contributed by atoms with van der Waals surface area (Å²) in [6.45, 7) is 2.22. The molecule has 0 aliphatic rings. The van der Waals surface area contributed by atoms with E-state index in [-0.39, 0.29) is 24.9 Å². The van der Waals surface area contributed by atoms with Crippen molar-refractivity contribution in [1.82, 2.24) is 5.32 Å². The van der Waals surface area contributed by atoms with Crippen LogP contribution in [0.3, 0.4) is 0 Å². The first-order chi connectivity index (χ1) is 15.8. The molecule has 7 heteroatoms. The number of hydrogen-bond donors (Lipinski definition) is 1. The Kier molecular flexibility index (Phi) is 8.11. The van der Waals surface area contributed by atoms with Crippen LogP contribution in [0.25, 0.3) is 0 Å². The van der Waals surface area contributed by atoms with Crippen molar-refractivity contribution in [2.24, 2.45) is 0 Å². The molecule has 6 nitrogen and oxygen atoms in total. The van der Waals surface area contributed by atoms with Gasteiger partial charge in [-0.1, -0.05) is 60.7 Å². The maximum atomic E-state index is 12.9. The van der Waals surface area contributed by atoms with Crippen LogP contribution in [-0.2, 0) is 14.8 Å². The lowest BCUT2D eigenvalue weighted by Crippen LogP contribution is -2.33. The molecule has 0 unspecified atom stereocenters. The lowest BCUT2D eigenvalue weighted by molar-refractivity contribution is -0.121. The minimum Gasteiger partial charge on any atom is -0.497 e. The smallest absolute Gasteiger partial charge is 0.232 e. The normalized spacial score (nSPS) is 12.1. The molecule has 174 valence electrons. The van der Waals surface area contributed by atoms with E-state index in [2.05, 4.69) is 5.32 Å². The number of nitrogens with zero attached hydrogens (tertiary/aromatic N) is 1. The van der Waals surface area contributed by atoms with Crippen LogP contribution in [0.2, 0.25) is 0 Å². The van der Waals surface area contributed by atoms with E-state index < -0.39 is 10.0 Å². The van der Waals surface area contributed by atoms with E-state index in [1.54, 1.807) is 24.3 Å². The zero-order valence-corrected chi connectivity index (χ0v) is 20.0. The fourth-order valence-corrected chi connectivity index (χ4v) is 4.72. The highest BCUT2D eigenvalue weighted by atomic mass is 32.2. The van der Waals surface area contributed by atoms with Gasteiger partial charge in [-0.2, -0.15) is 0 Å². The summed E-state index contributed by atoms with van der Waals surface area (Å²) in [7, 11) is -1.98. The average Bonchev–Trinajstić information content (AvgIpc) is 2.80. The van der Waals surface area contributed by atoms with E-state index >= 15 is 0 Å². The second-order valence-electron chi connectivity index (χ2n) is 7.91. The summed E-state index contributed by atoms with van der Waals surface area (Å²) in [5, 5.41) is 3.13. The van der Waals surface area contributed by atoms with E-state index in [9.17, 15) is 13.2 Å². The molecule has 0 spiro atoms. The highest BCUT2D eigenvalue weighted by Gasteiger charge is 2.21. The SMILES string of the molecule is COc1cccc(N(CCCC(=O)N[C@H](c2ccccc2)c2ccccc2C)S(C)(=O)=O)c1. The summed E-state index contributed by atoms with van der Waals surface area (Å²) in [6.07, 6.45) is 1.74. The number of anilines is 1. The number of carbonyl (C=O) groups is 1. The number of aryl methyl sites for hydroxylation is 1. The van der Waals surface area contributed by atoms with Gasteiger partial charge in [-0.05, 0) is 42.2 Å². The molecule has 0 aliphatic heterocycles. The summed E-state index contributed by atoms with van der Waals surface area (Å²) >= 11 is 0. The molecule has 0 saturated heterocycles. The highest BCUT2D eigenvalue weighted by Crippen LogP contribution is 2.26. The number of benzene rings is 3. The number of sulfonamides is 1. The van der Waals surface area contributed by atoms with Gasteiger partial charge in [-0.3, -0.25) is 9.10 Å². The standard InChI is InChI=1S/C26H30N2O4S/c1-20-11-7-8-16-24(20)26(21-12-5-4-6-13-21)27-25(29)17-10-18-28(33(3,30)31)22-14-9-15-23(19-22)32-2/h4-9,11-16,19,26H,10,17-18H2,1-3H3,(H,27,29)/t26-/m1/s1. The molecule has 0 bridgehead atoms. The molecule has 1 N–H and O–H groups in total. The molecule has 3 aromatic carbocycles. The molecular weight excluding hydrogens is 436 g/mol. The summed E-state index contributed by atoms with van der Waals surface area (Å²) in [4.78, 5) is 12.9. The van der Waals surface area contributed by atoms with Crippen LogP contribution in [0.4, 0.5) is 5.69 Å². The quantitative estimate of drug-likeness (QED) is 0.479. The molecule has 1 atom stereocenters. The van der Waals surface area contributed by atoms with Gasteiger partial charge in [-0.15, -0.1) is 0 Å². The Morgan fingerprint density at radius 2 is 1.70 bits per heavy atom. The van der Waals surface area contributed by atoms with Gasteiger partial charge in [-0.25, -0.2) is 8.42 Å². The van der Waals surface area contributed by atoms with Crippen molar-refractivity contribution in [3.63, 3.8) is 0 Å². The van der Waals surface area contributed by atoms with Crippen LogP contribution in [-0.4, -0.2) is 34.2 Å². The molecule has 33 heavy (non-hydrogen) atoms. The molecule has 0 heterocycles. The first-order valence-electron chi connectivity index (χ1n) is 10.8. The molecule has 3 rings (SSSR count). The molecule has 0 radical (unpaired) electrons. The maximum absolute atomic E-state index is 12.9. The number of methoxy groups -OCH3 is 1. The Labute approximate surface area is 196 Å². The van der Waals surface area contributed by atoms with Crippen molar-refractivity contribution in [2.45, 2.75) is 25.8 Å². The average molecular weight is 467 g/mol. The van der Waals surface area contributed by atoms with Gasteiger partial charge >= 0.3 is 0 Å². The van der Waals surface area contributed by atoms with Crippen LogP contribution in [0.1, 0.15) is 35.6 Å². The number of amides is 1. The van der Waals surface area contributed by atoms with Gasteiger partial charge in [0.15, 0.2) is 0 Å². The van der Waals surface area contributed by atoms with Crippen molar-refractivity contribution < 1.29 is 17.9 Å². The minimum atomic E-state index is -3.51. The summed E-state index contributed by atoms with van der Waals surface area (Å²) in [6, 6.07) is 24.4. The van der Waals surface area contributed by atoms with Crippen LogP contribution < -0.4 is 14.4 Å². The van der Waals surface area contributed by atoms with Gasteiger partial charge in [0, 0.05) is 19.0 Å². The monoisotopic (exact) mass is 466 g/mol. The fourth-order valence-electron chi connectivity index (χ4n) is 3.77. The largest absolute Gasteiger partial charge is 0.497 e. The number of rotatable bonds is 10. The lowest BCUT2D eigenvalue weighted by Gasteiger charge is -2.24. The fraction of sp³-hybridized carbons (Fsp3) is 0.269. The van der Waals surface area contributed by atoms with Gasteiger partial charge in [0.25, 0.3) is 0 Å². The Morgan fingerprint density at radius 3 is 2.36 bits per heavy atom. The first-order valence-corrected chi connectivity index (χ1v) is 12.7. The van der Waals surface area contributed by atoms with Crippen LogP contribution >= 0.6 is 0 Å². The summed E-state index contributed by atoms with van der Waals surface area (Å²) < 4.78 is 31.3. The van der Waals surface area contributed by atoms with Crippen molar-refractivity contribution in [3.8, 4) is 5.75 Å². The van der Waals surface area contributed by atoms with Crippen molar-refractivity contribution >= 4 is 21.6 Å². The van der Waals surface area contributed by atoms with Crippen molar-refractivity contribution in [1.29, 1.82) is 0 Å². The molecular formula is C26H30N2O4S. The van der Waals surface area contributed by atoms with E-state index in [0.29, 0.717) is 17.9 Å². The number of hydrogen-bond acceptors (Lipinski definition) is 4. The summed E-state index contributed by atoms with van der Waals surface area (Å²) in [5.74, 6) is 0.439. The second kappa shape index (κ2) is 11.0. The highest BCUT2D eigenvalue weighted by molar-refractivity contribution is 7.92. The predicted molar refractivity (Wildman–Crippen MR) is 132 cm³/mol. The molecule has 1 amide bonds. The zero-order valence-electron chi connectivity index (χ0n) is 19.2. The van der Waals surface area contributed by atoms with Crippen LogP contribution in [0.5, 0.6) is 5.75 Å². The van der Waals surface area contributed by atoms with Gasteiger partial charge in [0.05, 0.1) is 25.1 Å². The summed E-state index contributed by atoms with van der Waals surface area (Å²) in [5.41, 5.74) is 3.63. The Bertz CT molecular complexity index is 1180. The minimum absolute atomic E-state index is 0.133. The van der Waals surface area contributed by atoms with Gasteiger partial charge in [0.2, 0.25) is 15.9 Å². The Balaban J connectivity index is 1.71. The van der Waals surface area contributed by atoms with Crippen molar-refractivity contribution in [3.05, 3.63) is 95.6 Å². The second-order valence-corrected chi connectivity index (χ2v) is 9.81. The topological polar surface area (TPSA) is 75.7 Å². The van der Waals surface area contributed by atoms with Crippen molar-refractivity contribution in [2.75, 3.05) is 24.2 Å². The van der Waals surface area contributed by atoms with Gasteiger partial charge in [0.1, 0.15) is 5.75 Å². The first kappa shape index (κ1) is 24.3. The van der Waals surface area contributed by atoms with E-state index in [0.717, 1.165) is 22.9 Å². The lowest BCUT2D eigenvalue weighted by atomic mass is 9.95. The third-order valence-corrected chi connectivity index (χ3v) is 6.64. The van der Waals surface area contributed by atoms with Crippen LogP contribution in [0, 0.1) is 6.92 Å². The molecule has 0 aromatic heterocycles. The molecule has 0 saturated carbocycles. The van der Waals surface area contributed by atoms with Crippen LogP contribution in [0.15, 0.2) is 78.9 Å². The Hall–Kier alpha value is -3.32. The van der Waals surface area contributed by atoms with Gasteiger partial charge < -0.3 is 10.1 Å². The van der Waals surface area contributed by atoms with E-state index in [4.69, 9.17) is 4.74 Å². The zero-order chi connectivity index (χ0) is 23.8. The molecule has 3 aromatic rings. The predicted octanol–water partition coefficient (Wildman–Crippen LogP) is 4.46. The number of carbonyl (C=O) groups excluding carboxylic acids is 1. The number of nitrogens with one attached hydrogen (secondary N) is 1. The Morgan fingerprint density at radius 1 is 1.00 bits per heavy atom. The molecule has 0 aliphatic carbocycles. The number of ether oxygens (including phenoxy) is 1.